The number of fused-ring (bicyclic) bond motifs is 1. The molecule has 2 atom stereocenters. The molecule has 0 bridgehead atoms. The highest BCUT2D eigenvalue weighted by Gasteiger charge is 2.31. The summed E-state index contributed by atoms with van der Waals surface area (Å²) in [5, 5.41) is 1.67. The Hall–Kier alpha value is -2.80. The van der Waals surface area contributed by atoms with Crippen LogP contribution in [0, 0.1) is 0 Å². The van der Waals surface area contributed by atoms with Gasteiger partial charge in [-0.25, -0.2) is 4.98 Å². The molecule has 0 saturated carbocycles. The van der Waals surface area contributed by atoms with Crippen molar-refractivity contribution in [3.05, 3.63) is 59.9 Å². The summed E-state index contributed by atoms with van der Waals surface area (Å²) in [5.74, 6) is 1.27. The van der Waals surface area contributed by atoms with Crippen LogP contribution < -0.4 is 10.1 Å². The molecule has 2 heterocycles. The summed E-state index contributed by atoms with van der Waals surface area (Å²) in [7, 11) is 0. The minimum absolute atomic E-state index is 0.220. The maximum Gasteiger partial charge on any atom is 0.286 e. The molecule has 3 aromatic rings. The molecule has 2 amide bonds. The van der Waals surface area contributed by atoms with Crippen LogP contribution in [0.1, 0.15) is 24.4 Å². The molecule has 7 heteroatoms. The number of aromatic amines is 1. The third kappa shape index (κ3) is 3.43. The number of hydrogen-bond donors (Lipinski definition) is 2. The molecule has 2 aromatic carbocycles. The standard InChI is InChI=1S/C19H17N3O3S/c1-11(17-20-14-4-2-3-5-15(14)21-17)25-13-8-6-12(7-9-13)10-16-18(23)22-19(24)26-16/h2-9,11,16H,10H2,1H3,(H,20,21)(H,22,23,24). The van der Waals surface area contributed by atoms with Crippen LogP contribution in [-0.2, 0) is 11.2 Å². The molecule has 1 aromatic heterocycles. The Morgan fingerprint density at radius 3 is 2.62 bits per heavy atom. The molecule has 2 N–H and O–H groups in total. The quantitative estimate of drug-likeness (QED) is 0.720. The van der Waals surface area contributed by atoms with E-state index in [1.807, 2.05) is 55.5 Å². The molecule has 26 heavy (non-hydrogen) atoms. The van der Waals surface area contributed by atoms with Crippen LogP contribution in [0.2, 0.25) is 0 Å². The first kappa shape index (κ1) is 16.7. The Morgan fingerprint density at radius 1 is 1.15 bits per heavy atom. The molecule has 2 unspecified atom stereocenters. The maximum atomic E-state index is 11.6. The van der Waals surface area contributed by atoms with E-state index < -0.39 is 0 Å². The Bertz CT molecular complexity index is 935. The molecule has 1 aliphatic rings. The molecule has 1 aliphatic heterocycles. The van der Waals surface area contributed by atoms with E-state index >= 15 is 0 Å². The van der Waals surface area contributed by atoms with Gasteiger partial charge >= 0.3 is 0 Å². The van der Waals surface area contributed by atoms with Crippen molar-refractivity contribution in [3.63, 3.8) is 0 Å². The number of benzene rings is 2. The molecule has 1 fully saturated rings. The number of amides is 2. The first-order valence-corrected chi connectivity index (χ1v) is 9.18. The first-order valence-electron chi connectivity index (χ1n) is 8.30. The van der Waals surface area contributed by atoms with E-state index in [4.69, 9.17) is 4.74 Å². The number of nitrogens with one attached hydrogen (secondary N) is 2. The predicted octanol–water partition coefficient (Wildman–Crippen LogP) is 3.60. The lowest BCUT2D eigenvalue weighted by Gasteiger charge is -2.13. The summed E-state index contributed by atoms with van der Waals surface area (Å²) in [6.07, 6.45) is 0.295. The van der Waals surface area contributed by atoms with Gasteiger partial charge in [-0.3, -0.25) is 14.9 Å². The van der Waals surface area contributed by atoms with E-state index in [0.717, 1.165) is 39.9 Å². The van der Waals surface area contributed by atoms with Gasteiger partial charge in [-0.2, -0.15) is 0 Å². The minimum atomic E-state index is -0.358. The van der Waals surface area contributed by atoms with Crippen LogP contribution >= 0.6 is 11.8 Å². The summed E-state index contributed by atoms with van der Waals surface area (Å²) < 4.78 is 5.96. The summed E-state index contributed by atoms with van der Waals surface area (Å²) in [6.45, 7) is 1.94. The zero-order valence-corrected chi connectivity index (χ0v) is 14.9. The predicted molar refractivity (Wildman–Crippen MR) is 100 cm³/mol. The summed E-state index contributed by atoms with van der Waals surface area (Å²) in [4.78, 5) is 30.7. The van der Waals surface area contributed by atoms with Crippen molar-refractivity contribution in [2.24, 2.45) is 0 Å². The summed E-state index contributed by atoms with van der Waals surface area (Å²) in [6, 6.07) is 15.4. The van der Waals surface area contributed by atoms with Crippen molar-refractivity contribution < 1.29 is 14.3 Å². The Morgan fingerprint density at radius 2 is 1.92 bits per heavy atom. The molecular formula is C19H17N3O3S. The molecular weight excluding hydrogens is 350 g/mol. The Labute approximate surface area is 154 Å². The molecule has 0 spiro atoms. The lowest BCUT2D eigenvalue weighted by molar-refractivity contribution is -0.118. The molecule has 0 aliphatic carbocycles. The van der Waals surface area contributed by atoms with Gasteiger partial charge in [0.05, 0.1) is 16.3 Å². The van der Waals surface area contributed by atoms with Crippen molar-refractivity contribution in [1.29, 1.82) is 0 Å². The van der Waals surface area contributed by atoms with Crippen molar-refractivity contribution in [2.45, 2.75) is 24.7 Å². The first-order chi connectivity index (χ1) is 12.6. The third-order valence-electron chi connectivity index (χ3n) is 4.22. The SMILES string of the molecule is CC(Oc1ccc(CC2SC(=O)NC2=O)cc1)c1nc2ccccc2[nH]1. The van der Waals surface area contributed by atoms with E-state index in [-0.39, 0.29) is 22.5 Å². The van der Waals surface area contributed by atoms with Crippen LogP contribution in [-0.4, -0.2) is 26.4 Å². The smallest absolute Gasteiger partial charge is 0.286 e. The summed E-state index contributed by atoms with van der Waals surface area (Å²) >= 11 is 1.04. The highest BCUT2D eigenvalue weighted by Crippen LogP contribution is 2.26. The van der Waals surface area contributed by atoms with Gasteiger partial charge in [-0.15, -0.1) is 0 Å². The molecule has 0 radical (unpaired) electrons. The van der Waals surface area contributed by atoms with Gasteiger partial charge in [0.2, 0.25) is 5.91 Å². The molecule has 1 saturated heterocycles. The number of aromatic nitrogens is 2. The van der Waals surface area contributed by atoms with Gasteiger partial charge in [0.25, 0.3) is 5.24 Å². The van der Waals surface area contributed by atoms with Crippen LogP contribution in [0.25, 0.3) is 11.0 Å². The number of carbonyl (C=O) groups is 2. The molecule has 132 valence electrons. The number of imide groups is 1. The average Bonchev–Trinajstić information content (AvgIpc) is 3.19. The van der Waals surface area contributed by atoms with E-state index in [9.17, 15) is 9.59 Å². The van der Waals surface area contributed by atoms with E-state index in [2.05, 4.69) is 15.3 Å². The normalized spacial score (nSPS) is 18.1. The number of nitrogens with zero attached hydrogens (tertiary/aromatic N) is 1. The van der Waals surface area contributed by atoms with Gasteiger partial charge in [-0.1, -0.05) is 36.0 Å². The van der Waals surface area contributed by atoms with Gasteiger partial charge < -0.3 is 9.72 Å². The number of imidazole rings is 1. The lowest BCUT2D eigenvalue weighted by atomic mass is 10.1. The largest absolute Gasteiger partial charge is 0.483 e. The van der Waals surface area contributed by atoms with Crippen LogP contribution in [0.5, 0.6) is 5.75 Å². The number of para-hydroxylation sites is 2. The number of thioether (sulfide) groups is 1. The Balaban J connectivity index is 1.42. The van der Waals surface area contributed by atoms with Crippen LogP contribution in [0.3, 0.4) is 0 Å². The number of hydrogen-bond acceptors (Lipinski definition) is 5. The lowest BCUT2D eigenvalue weighted by Crippen LogP contribution is -2.25. The molecule has 4 rings (SSSR count). The topological polar surface area (TPSA) is 84.1 Å². The fraction of sp³-hybridized carbons (Fsp3) is 0.211. The maximum absolute atomic E-state index is 11.6. The van der Waals surface area contributed by atoms with Crippen molar-refractivity contribution >= 4 is 33.9 Å². The van der Waals surface area contributed by atoms with E-state index in [0.29, 0.717) is 6.42 Å². The van der Waals surface area contributed by atoms with Crippen LogP contribution in [0.15, 0.2) is 48.5 Å². The second-order valence-corrected chi connectivity index (χ2v) is 7.31. The van der Waals surface area contributed by atoms with Gasteiger partial charge in [0.1, 0.15) is 11.6 Å². The number of H-pyrrole nitrogens is 1. The second-order valence-electron chi connectivity index (χ2n) is 6.13. The van der Waals surface area contributed by atoms with Crippen molar-refractivity contribution in [1.82, 2.24) is 15.3 Å². The van der Waals surface area contributed by atoms with Crippen molar-refractivity contribution in [3.8, 4) is 5.75 Å². The molecule has 6 nitrogen and oxygen atoms in total. The monoisotopic (exact) mass is 367 g/mol. The zero-order valence-electron chi connectivity index (χ0n) is 14.1. The number of rotatable bonds is 5. The van der Waals surface area contributed by atoms with E-state index in [1.54, 1.807) is 0 Å². The minimum Gasteiger partial charge on any atom is -0.483 e. The third-order valence-corrected chi connectivity index (χ3v) is 5.20. The highest BCUT2D eigenvalue weighted by molar-refractivity contribution is 8.15. The van der Waals surface area contributed by atoms with Gasteiger partial charge in [0.15, 0.2) is 6.10 Å². The zero-order chi connectivity index (χ0) is 18.1. The Kier molecular flexibility index (Phi) is 4.38. The van der Waals surface area contributed by atoms with Gasteiger partial charge in [0, 0.05) is 0 Å². The summed E-state index contributed by atoms with van der Waals surface area (Å²) in [5.41, 5.74) is 2.88. The average molecular weight is 367 g/mol. The number of ether oxygens (including phenoxy) is 1. The fourth-order valence-corrected chi connectivity index (χ4v) is 3.73. The fourth-order valence-electron chi connectivity index (χ4n) is 2.87. The van der Waals surface area contributed by atoms with Crippen LogP contribution in [0.4, 0.5) is 4.79 Å². The van der Waals surface area contributed by atoms with E-state index in [1.165, 1.54) is 0 Å². The van der Waals surface area contributed by atoms with Crippen molar-refractivity contribution in [2.75, 3.05) is 0 Å². The van der Waals surface area contributed by atoms with Gasteiger partial charge in [-0.05, 0) is 43.2 Å². The number of carbonyl (C=O) groups excluding carboxylic acids is 2. The highest BCUT2D eigenvalue weighted by atomic mass is 32.2. The second kappa shape index (κ2) is 6.84.